The lowest BCUT2D eigenvalue weighted by Crippen LogP contribution is -2.43. The van der Waals surface area contributed by atoms with Crippen LogP contribution in [0.2, 0.25) is 0 Å². The van der Waals surface area contributed by atoms with Crippen LogP contribution in [0.4, 0.5) is 17.2 Å². The van der Waals surface area contributed by atoms with Gasteiger partial charge in [-0.3, -0.25) is 0 Å². The molecule has 3 N–H and O–H groups in total. The van der Waals surface area contributed by atoms with Gasteiger partial charge < -0.3 is 20.4 Å². The minimum Gasteiger partial charge on any atom is -0.436 e. The lowest BCUT2D eigenvalue weighted by molar-refractivity contribution is 0.506. The van der Waals surface area contributed by atoms with E-state index in [2.05, 4.69) is 33.4 Å². The first-order valence-electron chi connectivity index (χ1n) is 9.95. The number of piperidine rings is 1. The summed E-state index contributed by atoms with van der Waals surface area (Å²) in [5, 5.41) is 3.48. The third-order valence-corrected chi connectivity index (χ3v) is 5.28. The Hall–Kier alpha value is -3.38. The molecule has 2 aromatic carbocycles. The van der Waals surface area contributed by atoms with Crippen LogP contribution in [0.5, 0.6) is 0 Å². The largest absolute Gasteiger partial charge is 0.436 e. The SMILES string of the molecule is NC1CCCN(c2ccccc2Nc2nccc3oc(-c4ccccc4)nc23)C1. The number of anilines is 3. The second-order valence-corrected chi connectivity index (χ2v) is 7.38. The molecule has 1 fully saturated rings. The minimum absolute atomic E-state index is 0.210. The van der Waals surface area contributed by atoms with E-state index in [4.69, 9.17) is 15.1 Å². The number of hydrogen-bond acceptors (Lipinski definition) is 6. The average Bonchev–Trinajstić information content (AvgIpc) is 3.20. The van der Waals surface area contributed by atoms with Gasteiger partial charge in [-0.1, -0.05) is 30.3 Å². The van der Waals surface area contributed by atoms with Gasteiger partial charge in [0.25, 0.3) is 0 Å². The molecule has 1 saturated heterocycles. The fourth-order valence-electron chi connectivity index (χ4n) is 3.86. The summed E-state index contributed by atoms with van der Waals surface area (Å²) in [6, 6.07) is 20.2. The fraction of sp³-hybridized carbons (Fsp3) is 0.217. The summed E-state index contributed by atoms with van der Waals surface area (Å²) in [6.45, 7) is 1.87. The van der Waals surface area contributed by atoms with Crippen LogP contribution in [-0.2, 0) is 0 Å². The molecule has 146 valence electrons. The molecule has 0 saturated carbocycles. The van der Waals surface area contributed by atoms with Crippen molar-refractivity contribution in [2.45, 2.75) is 18.9 Å². The molecule has 1 aliphatic rings. The van der Waals surface area contributed by atoms with Gasteiger partial charge in [0, 0.05) is 37.0 Å². The Morgan fingerprint density at radius 1 is 1.03 bits per heavy atom. The second-order valence-electron chi connectivity index (χ2n) is 7.38. The highest BCUT2D eigenvalue weighted by molar-refractivity contribution is 5.89. The van der Waals surface area contributed by atoms with Gasteiger partial charge in [-0.25, -0.2) is 9.97 Å². The maximum Gasteiger partial charge on any atom is 0.227 e. The lowest BCUT2D eigenvalue weighted by Gasteiger charge is -2.34. The number of nitrogens with zero attached hydrogens (tertiary/aromatic N) is 3. The quantitative estimate of drug-likeness (QED) is 0.536. The van der Waals surface area contributed by atoms with E-state index < -0.39 is 0 Å². The second kappa shape index (κ2) is 7.56. The summed E-state index contributed by atoms with van der Waals surface area (Å²) in [5.41, 5.74) is 10.7. The van der Waals surface area contributed by atoms with Crippen LogP contribution in [-0.4, -0.2) is 29.1 Å². The summed E-state index contributed by atoms with van der Waals surface area (Å²) in [5.74, 6) is 1.27. The molecule has 0 bridgehead atoms. The highest BCUT2D eigenvalue weighted by Crippen LogP contribution is 2.33. The van der Waals surface area contributed by atoms with Crippen LogP contribution < -0.4 is 16.0 Å². The van der Waals surface area contributed by atoms with Crippen molar-refractivity contribution in [1.82, 2.24) is 9.97 Å². The topological polar surface area (TPSA) is 80.2 Å². The number of nitrogens with two attached hydrogens (primary N) is 1. The van der Waals surface area contributed by atoms with Crippen LogP contribution in [0.3, 0.4) is 0 Å². The van der Waals surface area contributed by atoms with Crippen molar-refractivity contribution < 1.29 is 4.42 Å². The van der Waals surface area contributed by atoms with E-state index >= 15 is 0 Å². The summed E-state index contributed by atoms with van der Waals surface area (Å²) in [7, 11) is 0. The zero-order valence-corrected chi connectivity index (χ0v) is 16.1. The van der Waals surface area contributed by atoms with Gasteiger partial charge in [0.1, 0.15) is 0 Å². The molecule has 1 atom stereocenters. The number of para-hydroxylation sites is 2. The van der Waals surface area contributed by atoms with Gasteiger partial charge in [-0.05, 0) is 37.1 Å². The maximum absolute atomic E-state index is 6.20. The Balaban J connectivity index is 1.51. The predicted molar refractivity (Wildman–Crippen MR) is 116 cm³/mol. The van der Waals surface area contributed by atoms with Gasteiger partial charge >= 0.3 is 0 Å². The number of rotatable bonds is 4. The molecule has 1 unspecified atom stereocenters. The Kier molecular flexibility index (Phi) is 4.62. The van der Waals surface area contributed by atoms with E-state index in [1.54, 1.807) is 6.20 Å². The first-order chi connectivity index (χ1) is 14.3. The molecule has 2 aromatic heterocycles. The smallest absolute Gasteiger partial charge is 0.227 e. The molecular weight excluding hydrogens is 362 g/mol. The molecule has 6 heteroatoms. The molecule has 0 amide bonds. The molecule has 6 nitrogen and oxygen atoms in total. The molecule has 5 rings (SSSR count). The van der Waals surface area contributed by atoms with E-state index in [1.807, 2.05) is 42.5 Å². The van der Waals surface area contributed by atoms with E-state index in [0.717, 1.165) is 48.4 Å². The average molecular weight is 385 g/mol. The molecular formula is C23H23N5O. The van der Waals surface area contributed by atoms with Gasteiger partial charge in [0.05, 0.1) is 11.4 Å². The molecule has 0 spiro atoms. The monoisotopic (exact) mass is 385 g/mol. The number of oxazole rings is 1. The Bertz CT molecular complexity index is 1120. The van der Waals surface area contributed by atoms with Gasteiger partial charge in [0.2, 0.25) is 5.89 Å². The van der Waals surface area contributed by atoms with Crippen LogP contribution in [0.25, 0.3) is 22.6 Å². The normalized spacial score (nSPS) is 16.9. The van der Waals surface area contributed by atoms with Crippen LogP contribution in [0.15, 0.2) is 71.3 Å². The van der Waals surface area contributed by atoms with Gasteiger partial charge in [-0.15, -0.1) is 0 Å². The molecule has 3 heterocycles. The van der Waals surface area contributed by atoms with Crippen molar-refractivity contribution in [2.24, 2.45) is 5.73 Å². The number of hydrogen-bond donors (Lipinski definition) is 2. The first kappa shape index (κ1) is 17.7. The fourth-order valence-corrected chi connectivity index (χ4v) is 3.86. The summed E-state index contributed by atoms with van der Waals surface area (Å²) >= 11 is 0. The van der Waals surface area contributed by atoms with Crippen molar-refractivity contribution in [2.75, 3.05) is 23.3 Å². The third kappa shape index (κ3) is 3.54. The highest BCUT2D eigenvalue weighted by atomic mass is 16.3. The lowest BCUT2D eigenvalue weighted by atomic mass is 10.1. The molecule has 4 aromatic rings. The van der Waals surface area contributed by atoms with Gasteiger partial charge in [0.15, 0.2) is 16.9 Å². The summed E-state index contributed by atoms with van der Waals surface area (Å²) in [6.07, 6.45) is 3.92. The number of nitrogens with one attached hydrogen (secondary N) is 1. The molecule has 0 aliphatic carbocycles. The number of aromatic nitrogens is 2. The molecule has 1 aliphatic heterocycles. The number of fused-ring (bicyclic) bond motifs is 1. The summed E-state index contributed by atoms with van der Waals surface area (Å²) < 4.78 is 5.98. The minimum atomic E-state index is 0.210. The first-order valence-corrected chi connectivity index (χ1v) is 9.95. The molecule has 29 heavy (non-hydrogen) atoms. The van der Waals surface area contributed by atoms with Crippen LogP contribution in [0, 0.1) is 0 Å². The number of pyridine rings is 1. The van der Waals surface area contributed by atoms with E-state index in [1.165, 1.54) is 0 Å². The zero-order chi connectivity index (χ0) is 19.6. The Morgan fingerprint density at radius 2 is 1.86 bits per heavy atom. The van der Waals surface area contributed by atoms with E-state index in [-0.39, 0.29) is 6.04 Å². The summed E-state index contributed by atoms with van der Waals surface area (Å²) in [4.78, 5) is 11.6. The third-order valence-electron chi connectivity index (χ3n) is 5.28. The van der Waals surface area contributed by atoms with E-state index in [0.29, 0.717) is 17.3 Å². The zero-order valence-electron chi connectivity index (χ0n) is 16.1. The van der Waals surface area contributed by atoms with Crippen LogP contribution in [0.1, 0.15) is 12.8 Å². The van der Waals surface area contributed by atoms with Crippen LogP contribution >= 0.6 is 0 Å². The van der Waals surface area contributed by atoms with Crippen molar-refractivity contribution in [3.8, 4) is 11.5 Å². The predicted octanol–water partition coefficient (Wildman–Crippen LogP) is 4.56. The van der Waals surface area contributed by atoms with Crippen molar-refractivity contribution in [3.05, 3.63) is 66.9 Å². The Labute approximate surface area is 169 Å². The van der Waals surface area contributed by atoms with E-state index in [9.17, 15) is 0 Å². The van der Waals surface area contributed by atoms with Gasteiger partial charge in [-0.2, -0.15) is 0 Å². The Morgan fingerprint density at radius 3 is 2.72 bits per heavy atom. The maximum atomic E-state index is 6.20. The van der Waals surface area contributed by atoms with Crippen molar-refractivity contribution in [3.63, 3.8) is 0 Å². The number of benzene rings is 2. The van der Waals surface area contributed by atoms with Crippen molar-refractivity contribution in [1.29, 1.82) is 0 Å². The molecule has 0 radical (unpaired) electrons. The highest BCUT2D eigenvalue weighted by Gasteiger charge is 2.20. The van der Waals surface area contributed by atoms with Crippen molar-refractivity contribution >= 4 is 28.3 Å². The standard InChI is InChI=1S/C23H23N5O/c24-17-9-6-14-28(15-17)19-11-5-4-10-18(19)26-22-21-20(12-13-25-22)29-23(27-21)16-7-2-1-3-8-16/h1-5,7-8,10-13,17H,6,9,14-15,24H2,(H,25,26).